The number of nitrogens with one attached hydrogen (secondary N) is 1. The number of amides is 1. The molecule has 2 aliphatic rings. The van der Waals surface area contributed by atoms with Gasteiger partial charge in [-0.05, 0) is 62.3 Å². The second-order valence-electron chi connectivity index (χ2n) is 10.0. The summed E-state index contributed by atoms with van der Waals surface area (Å²) in [5.74, 6) is 3.72. The van der Waals surface area contributed by atoms with Crippen molar-refractivity contribution in [2.45, 2.75) is 63.1 Å². The Labute approximate surface area is 217 Å². The van der Waals surface area contributed by atoms with Gasteiger partial charge in [0.2, 0.25) is 5.95 Å². The van der Waals surface area contributed by atoms with Gasteiger partial charge < -0.3 is 25.0 Å². The van der Waals surface area contributed by atoms with Crippen LogP contribution in [0.25, 0.3) is 0 Å². The molecule has 2 saturated carbocycles. The van der Waals surface area contributed by atoms with E-state index >= 15 is 0 Å². The van der Waals surface area contributed by atoms with E-state index in [0.29, 0.717) is 18.4 Å². The molecule has 3 aromatic rings. The molecule has 37 heavy (non-hydrogen) atoms. The second kappa shape index (κ2) is 10.7. The Morgan fingerprint density at radius 1 is 1.11 bits per heavy atom. The van der Waals surface area contributed by atoms with Gasteiger partial charge in [-0.25, -0.2) is 9.78 Å². The summed E-state index contributed by atoms with van der Waals surface area (Å²) in [5.41, 5.74) is 2.38. The topological polar surface area (TPSA) is 109 Å². The van der Waals surface area contributed by atoms with Crippen LogP contribution < -0.4 is 19.9 Å². The zero-order valence-corrected chi connectivity index (χ0v) is 21.7. The number of methoxy groups -OCH3 is 1. The zero-order chi connectivity index (χ0) is 25.9. The van der Waals surface area contributed by atoms with Crippen molar-refractivity contribution in [3.8, 4) is 5.75 Å². The van der Waals surface area contributed by atoms with E-state index in [1.165, 1.54) is 18.5 Å². The average Bonchev–Trinajstić information content (AvgIpc) is 3.68. The number of hydrogen-bond donors (Lipinski definition) is 2. The molecule has 2 aliphatic carbocycles. The maximum Gasteiger partial charge on any atom is 0.404 e. The third-order valence-corrected chi connectivity index (χ3v) is 7.47. The highest BCUT2D eigenvalue weighted by molar-refractivity contribution is 5.64. The van der Waals surface area contributed by atoms with Crippen LogP contribution in [0.5, 0.6) is 5.75 Å². The van der Waals surface area contributed by atoms with Crippen LogP contribution in [0.4, 0.5) is 22.4 Å². The Morgan fingerprint density at radius 3 is 2.49 bits per heavy atom. The normalized spacial score (nSPS) is 19.3. The number of nitrogens with zero attached hydrogens (tertiary/aromatic N) is 6. The minimum Gasteiger partial charge on any atom is -0.497 e. The summed E-state index contributed by atoms with van der Waals surface area (Å²) in [5, 5.41) is 16.5. The van der Waals surface area contributed by atoms with E-state index in [4.69, 9.17) is 19.9 Å². The fraction of sp³-hybridized carbons (Fsp3) is 0.481. The van der Waals surface area contributed by atoms with Gasteiger partial charge in [-0.3, -0.25) is 4.68 Å². The Hall–Kier alpha value is -3.82. The lowest BCUT2D eigenvalue weighted by Gasteiger charge is -2.34. The van der Waals surface area contributed by atoms with Crippen LogP contribution in [0.1, 0.15) is 55.7 Å². The van der Waals surface area contributed by atoms with E-state index in [1.54, 1.807) is 13.3 Å². The lowest BCUT2D eigenvalue weighted by atomic mass is 9.90. The number of anilines is 3. The predicted octanol–water partition coefficient (Wildman–Crippen LogP) is 4.45. The number of ether oxygens (including phenoxy) is 1. The lowest BCUT2D eigenvalue weighted by molar-refractivity contribution is 0.185. The predicted molar refractivity (Wildman–Crippen MR) is 142 cm³/mol. The van der Waals surface area contributed by atoms with Crippen molar-refractivity contribution >= 4 is 23.7 Å². The Bertz CT molecular complexity index is 1220. The maximum atomic E-state index is 11.0. The summed E-state index contributed by atoms with van der Waals surface area (Å²) in [6.45, 7) is 0.608. The Morgan fingerprint density at radius 2 is 1.84 bits per heavy atom. The smallest absolute Gasteiger partial charge is 0.404 e. The Kier molecular flexibility index (Phi) is 7.16. The largest absolute Gasteiger partial charge is 0.497 e. The fourth-order valence-electron chi connectivity index (χ4n) is 5.16. The molecule has 2 aromatic heterocycles. The number of aromatic nitrogens is 4. The van der Waals surface area contributed by atoms with Crippen LogP contribution >= 0.6 is 0 Å². The number of rotatable bonds is 9. The van der Waals surface area contributed by atoms with Gasteiger partial charge in [-0.15, -0.1) is 0 Å². The van der Waals surface area contributed by atoms with Gasteiger partial charge in [0.1, 0.15) is 11.6 Å². The van der Waals surface area contributed by atoms with E-state index in [-0.39, 0.29) is 12.1 Å². The third-order valence-electron chi connectivity index (χ3n) is 7.47. The minimum absolute atomic E-state index is 0.0132. The van der Waals surface area contributed by atoms with Gasteiger partial charge in [0.05, 0.1) is 13.7 Å². The molecular formula is C27H35N7O3. The molecule has 0 atom stereocenters. The molecular weight excluding hydrogens is 470 g/mol. The zero-order valence-electron chi connectivity index (χ0n) is 21.7. The van der Waals surface area contributed by atoms with Crippen molar-refractivity contribution in [1.29, 1.82) is 0 Å². The van der Waals surface area contributed by atoms with Crippen LogP contribution in [-0.2, 0) is 13.6 Å². The molecule has 5 rings (SSSR count). The molecule has 1 aromatic carbocycles. The van der Waals surface area contributed by atoms with Gasteiger partial charge in [0, 0.05) is 50.1 Å². The van der Waals surface area contributed by atoms with Crippen LogP contribution in [0, 0.1) is 0 Å². The molecule has 196 valence electrons. The molecule has 1 amide bonds. The summed E-state index contributed by atoms with van der Waals surface area (Å²) < 4.78 is 7.32. The summed E-state index contributed by atoms with van der Waals surface area (Å²) in [6, 6.07) is 12.5. The first-order valence-corrected chi connectivity index (χ1v) is 12.9. The van der Waals surface area contributed by atoms with Crippen molar-refractivity contribution in [3.05, 3.63) is 53.9 Å². The SMILES string of the molecule is COc1ccc(CN(c2ccnc(N(C)C3CCC(NC(=O)O)CC3)n2)c2cc(C3CC3)n(C)n2)cc1. The van der Waals surface area contributed by atoms with Crippen LogP contribution in [-0.4, -0.2) is 57.2 Å². The molecule has 2 fully saturated rings. The number of carboxylic acid groups (broad SMARTS) is 1. The lowest BCUT2D eigenvalue weighted by Crippen LogP contribution is -2.43. The van der Waals surface area contributed by atoms with E-state index in [0.717, 1.165) is 48.6 Å². The van der Waals surface area contributed by atoms with Crippen LogP contribution in [0.15, 0.2) is 42.6 Å². The first-order chi connectivity index (χ1) is 17.9. The van der Waals surface area contributed by atoms with Crippen molar-refractivity contribution < 1.29 is 14.6 Å². The summed E-state index contributed by atoms with van der Waals surface area (Å²) in [6.07, 6.45) is 6.66. The van der Waals surface area contributed by atoms with Crippen molar-refractivity contribution in [3.63, 3.8) is 0 Å². The first-order valence-electron chi connectivity index (χ1n) is 12.9. The highest BCUT2D eigenvalue weighted by atomic mass is 16.5. The molecule has 2 heterocycles. The summed E-state index contributed by atoms with van der Waals surface area (Å²) in [7, 11) is 5.70. The standard InChI is InChI=1S/C27H35N7O3/c1-32(21-10-8-20(9-11-21)29-27(35)36)26-28-15-14-24(30-26)34(17-18-4-12-22(37-3)13-5-18)25-16-23(19-6-7-19)33(2)31-25/h4-5,12-16,19-21,29H,6-11,17H2,1-3H3,(H,35,36). The van der Waals surface area contributed by atoms with Gasteiger partial charge in [-0.1, -0.05) is 12.1 Å². The molecule has 10 heteroatoms. The number of carbonyl (C=O) groups is 1. The Balaban J connectivity index is 1.39. The molecule has 0 unspecified atom stereocenters. The fourth-order valence-corrected chi connectivity index (χ4v) is 5.16. The molecule has 0 bridgehead atoms. The molecule has 2 N–H and O–H groups in total. The average molecular weight is 506 g/mol. The van der Waals surface area contributed by atoms with E-state index < -0.39 is 6.09 Å². The van der Waals surface area contributed by atoms with Crippen LogP contribution in [0.2, 0.25) is 0 Å². The molecule has 10 nitrogen and oxygen atoms in total. The number of aryl methyl sites for hydroxylation is 1. The quantitative estimate of drug-likeness (QED) is 0.439. The number of benzene rings is 1. The summed E-state index contributed by atoms with van der Waals surface area (Å²) in [4.78, 5) is 24.8. The highest BCUT2D eigenvalue weighted by Gasteiger charge is 2.29. The van der Waals surface area contributed by atoms with Crippen LogP contribution in [0.3, 0.4) is 0 Å². The van der Waals surface area contributed by atoms with Gasteiger partial charge in [0.25, 0.3) is 0 Å². The molecule has 0 aliphatic heterocycles. The first kappa shape index (κ1) is 24.9. The maximum absolute atomic E-state index is 11.0. The molecule has 0 radical (unpaired) electrons. The summed E-state index contributed by atoms with van der Waals surface area (Å²) >= 11 is 0. The van der Waals surface area contributed by atoms with Gasteiger partial charge in [-0.2, -0.15) is 10.1 Å². The molecule has 0 spiro atoms. The van der Waals surface area contributed by atoms with Crippen molar-refractivity contribution in [2.24, 2.45) is 7.05 Å². The monoisotopic (exact) mass is 505 g/mol. The van der Waals surface area contributed by atoms with E-state index in [2.05, 4.69) is 38.3 Å². The highest BCUT2D eigenvalue weighted by Crippen LogP contribution is 2.41. The van der Waals surface area contributed by atoms with E-state index in [1.807, 2.05) is 37.0 Å². The second-order valence-corrected chi connectivity index (χ2v) is 10.0. The van der Waals surface area contributed by atoms with E-state index in [9.17, 15) is 4.79 Å². The van der Waals surface area contributed by atoms with Crippen molar-refractivity contribution in [1.82, 2.24) is 25.1 Å². The molecule has 0 saturated heterocycles. The van der Waals surface area contributed by atoms with Crippen molar-refractivity contribution in [2.75, 3.05) is 24.0 Å². The minimum atomic E-state index is -0.954. The van der Waals surface area contributed by atoms with Gasteiger partial charge >= 0.3 is 6.09 Å². The number of hydrogen-bond acceptors (Lipinski definition) is 7. The third kappa shape index (κ3) is 5.79. The van der Waals surface area contributed by atoms with Gasteiger partial charge in [0.15, 0.2) is 5.82 Å².